The van der Waals surface area contributed by atoms with Gasteiger partial charge in [0.25, 0.3) is 15.9 Å². The van der Waals surface area contributed by atoms with E-state index in [1.807, 2.05) is 19.9 Å². The summed E-state index contributed by atoms with van der Waals surface area (Å²) in [5, 5.41) is 2.75. The Balaban J connectivity index is 1.29. The van der Waals surface area contributed by atoms with Crippen LogP contribution in [-0.4, -0.2) is 46.7 Å². The molecule has 9 nitrogen and oxygen atoms in total. The number of benzene rings is 3. The zero-order chi connectivity index (χ0) is 28.9. The van der Waals surface area contributed by atoms with E-state index in [1.54, 1.807) is 43.3 Å². The van der Waals surface area contributed by atoms with Gasteiger partial charge in [-0.1, -0.05) is 24.6 Å². The summed E-state index contributed by atoms with van der Waals surface area (Å²) in [7, 11) is -7.30. The molecular weight excluding hydrogens is 550 g/mol. The third-order valence-corrected chi connectivity index (χ3v) is 10.2. The normalized spacial score (nSPS) is 14.5. The van der Waals surface area contributed by atoms with Gasteiger partial charge in [-0.25, -0.2) is 16.8 Å². The average Bonchev–Trinajstić information content (AvgIpc) is 2.93. The molecule has 214 valence electrons. The number of nitrogens with zero attached hydrogens (tertiary/aromatic N) is 1. The third kappa shape index (κ3) is 7.21. The van der Waals surface area contributed by atoms with E-state index in [9.17, 15) is 21.6 Å². The van der Waals surface area contributed by atoms with Gasteiger partial charge in [0.1, 0.15) is 5.75 Å². The fraction of sp³-hybridized carbons (Fsp3) is 0.345. The maximum absolute atomic E-state index is 12.9. The van der Waals surface area contributed by atoms with Crippen molar-refractivity contribution in [1.82, 2.24) is 9.62 Å². The molecule has 0 aromatic heterocycles. The average molecular weight is 586 g/mol. The molecule has 0 radical (unpaired) electrons. The van der Waals surface area contributed by atoms with E-state index in [-0.39, 0.29) is 28.8 Å². The summed E-state index contributed by atoms with van der Waals surface area (Å²) in [5.74, 6) is 0.0325. The molecule has 1 aliphatic rings. The van der Waals surface area contributed by atoms with E-state index in [0.29, 0.717) is 30.1 Å². The number of amides is 1. The number of hydrogen-bond acceptors (Lipinski definition) is 6. The van der Waals surface area contributed by atoms with E-state index in [1.165, 1.54) is 22.5 Å². The molecule has 1 aliphatic heterocycles. The van der Waals surface area contributed by atoms with E-state index < -0.39 is 20.0 Å². The number of nitrogens with one attached hydrogen (secondary N) is 2. The first-order valence-electron chi connectivity index (χ1n) is 13.1. The van der Waals surface area contributed by atoms with Crippen molar-refractivity contribution in [3.63, 3.8) is 0 Å². The molecule has 3 aromatic carbocycles. The predicted molar refractivity (Wildman–Crippen MR) is 154 cm³/mol. The number of hydrogen-bond donors (Lipinski definition) is 2. The molecule has 4 rings (SSSR count). The van der Waals surface area contributed by atoms with E-state index in [4.69, 9.17) is 4.74 Å². The highest BCUT2D eigenvalue weighted by Gasteiger charge is 2.25. The number of sulfonamides is 2. The van der Waals surface area contributed by atoms with Crippen molar-refractivity contribution in [2.45, 2.75) is 56.4 Å². The van der Waals surface area contributed by atoms with E-state index >= 15 is 0 Å². The molecule has 0 bridgehead atoms. The smallest absolute Gasteiger partial charge is 0.261 e. The fourth-order valence-electron chi connectivity index (χ4n) is 4.40. The molecule has 1 saturated heterocycles. The minimum Gasteiger partial charge on any atom is -0.484 e. The van der Waals surface area contributed by atoms with Crippen LogP contribution in [0, 0.1) is 20.8 Å². The van der Waals surface area contributed by atoms with Crippen LogP contribution in [0.3, 0.4) is 0 Å². The molecular formula is C29H35N3O6S2. The van der Waals surface area contributed by atoms with Crippen LogP contribution in [0.5, 0.6) is 5.75 Å². The SMILES string of the molecule is Cc1ccc(NS(=O)(=O)c2ccc(OCC(=O)NCc3ccc(S(=O)(=O)N4CCCCC4)cc3)c(C)c2)cc1C. The Morgan fingerprint density at radius 3 is 2.12 bits per heavy atom. The first-order chi connectivity index (χ1) is 19.0. The van der Waals surface area contributed by atoms with Gasteiger partial charge in [-0.05, 0) is 98.3 Å². The standard InChI is InChI=1S/C29H35N3O6S2/c1-21-7-10-25(17-22(21)2)31-39(34,35)27-13-14-28(23(3)18-27)38-20-29(33)30-19-24-8-11-26(12-9-24)40(36,37)32-15-5-4-6-16-32/h7-14,17-18,31H,4-6,15-16,19-20H2,1-3H3,(H,30,33). The Kier molecular flexibility index (Phi) is 9.17. The van der Waals surface area contributed by atoms with Crippen molar-refractivity contribution in [3.05, 3.63) is 82.9 Å². The molecule has 1 amide bonds. The molecule has 11 heteroatoms. The van der Waals surface area contributed by atoms with Crippen LogP contribution >= 0.6 is 0 Å². The Labute approximate surface area is 236 Å². The Morgan fingerprint density at radius 1 is 0.800 bits per heavy atom. The Hall–Kier alpha value is -3.41. The molecule has 0 saturated carbocycles. The van der Waals surface area contributed by atoms with Crippen LogP contribution in [0.15, 0.2) is 70.5 Å². The van der Waals surface area contributed by atoms with Crippen LogP contribution in [0.25, 0.3) is 0 Å². The van der Waals surface area contributed by atoms with Gasteiger partial charge in [-0.15, -0.1) is 0 Å². The zero-order valence-electron chi connectivity index (χ0n) is 22.9. The minimum absolute atomic E-state index is 0.0887. The number of rotatable bonds is 10. The second-order valence-corrected chi connectivity index (χ2v) is 13.6. The largest absolute Gasteiger partial charge is 0.484 e. The molecule has 0 aliphatic carbocycles. The number of carbonyl (C=O) groups excluding carboxylic acids is 1. The van der Waals surface area contributed by atoms with Gasteiger partial charge in [0.15, 0.2) is 6.61 Å². The Morgan fingerprint density at radius 2 is 1.48 bits per heavy atom. The number of carbonyl (C=O) groups is 1. The summed E-state index contributed by atoms with van der Waals surface area (Å²) in [6.45, 7) is 6.63. The summed E-state index contributed by atoms with van der Waals surface area (Å²) < 4.78 is 61.0. The topological polar surface area (TPSA) is 122 Å². The van der Waals surface area contributed by atoms with Crippen molar-refractivity contribution in [1.29, 1.82) is 0 Å². The van der Waals surface area contributed by atoms with Crippen molar-refractivity contribution in [2.75, 3.05) is 24.4 Å². The molecule has 3 aromatic rings. The van der Waals surface area contributed by atoms with Crippen molar-refractivity contribution >= 4 is 31.6 Å². The van der Waals surface area contributed by atoms with Crippen molar-refractivity contribution in [2.24, 2.45) is 0 Å². The monoisotopic (exact) mass is 585 g/mol. The highest BCUT2D eigenvalue weighted by atomic mass is 32.2. The summed E-state index contributed by atoms with van der Waals surface area (Å²) in [6, 6.07) is 16.3. The second kappa shape index (κ2) is 12.4. The lowest BCUT2D eigenvalue weighted by molar-refractivity contribution is -0.123. The molecule has 1 heterocycles. The van der Waals surface area contributed by atoms with Crippen molar-refractivity contribution < 1.29 is 26.4 Å². The van der Waals surface area contributed by atoms with Gasteiger partial charge < -0.3 is 10.1 Å². The molecule has 40 heavy (non-hydrogen) atoms. The van der Waals surface area contributed by atoms with Gasteiger partial charge >= 0.3 is 0 Å². The van der Waals surface area contributed by atoms with Gasteiger partial charge in [0.2, 0.25) is 10.0 Å². The summed E-state index contributed by atoms with van der Waals surface area (Å²) >= 11 is 0. The van der Waals surface area contributed by atoms with Gasteiger partial charge in [-0.3, -0.25) is 9.52 Å². The van der Waals surface area contributed by atoms with Crippen LogP contribution in [0.1, 0.15) is 41.5 Å². The number of anilines is 1. The first-order valence-corrected chi connectivity index (χ1v) is 16.1. The lowest BCUT2D eigenvalue weighted by Crippen LogP contribution is -2.35. The van der Waals surface area contributed by atoms with Crippen LogP contribution in [0.2, 0.25) is 0 Å². The fourth-order valence-corrected chi connectivity index (χ4v) is 7.05. The minimum atomic E-state index is -3.80. The highest BCUT2D eigenvalue weighted by Crippen LogP contribution is 2.25. The zero-order valence-corrected chi connectivity index (χ0v) is 24.6. The van der Waals surface area contributed by atoms with E-state index in [0.717, 1.165) is 36.0 Å². The van der Waals surface area contributed by atoms with E-state index in [2.05, 4.69) is 10.0 Å². The van der Waals surface area contributed by atoms with Crippen molar-refractivity contribution in [3.8, 4) is 5.75 Å². The summed E-state index contributed by atoms with van der Waals surface area (Å²) in [6.07, 6.45) is 2.80. The quantitative estimate of drug-likeness (QED) is 0.366. The van der Waals surface area contributed by atoms with Gasteiger partial charge in [0.05, 0.1) is 9.79 Å². The first kappa shape index (κ1) is 29.6. The maximum atomic E-state index is 12.9. The third-order valence-electron chi connectivity index (χ3n) is 6.94. The predicted octanol–water partition coefficient (Wildman–Crippen LogP) is 4.28. The summed E-state index contributed by atoms with van der Waals surface area (Å²) in [4.78, 5) is 12.7. The lowest BCUT2D eigenvalue weighted by Gasteiger charge is -2.25. The maximum Gasteiger partial charge on any atom is 0.261 e. The molecule has 0 unspecified atom stereocenters. The molecule has 0 atom stereocenters. The molecule has 0 spiro atoms. The molecule has 1 fully saturated rings. The second-order valence-electron chi connectivity index (χ2n) is 10.0. The highest BCUT2D eigenvalue weighted by molar-refractivity contribution is 7.92. The Bertz CT molecular complexity index is 1580. The lowest BCUT2D eigenvalue weighted by atomic mass is 10.1. The van der Waals surface area contributed by atoms with Gasteiger partial charge in [-0.2, -0.15) is 4.31 Å². The van der Waals surface area contributed by atoms with Crippen LogP contribution in [-0.2, 0) is 31.4 Å². The summed E-state index contributed by atoms with van der Waals surface area (Å²) in [5.41, 5.74) is 3.86. The molecule has 2 N–H and O–H groups in total. The van der Waals surface area contributed by atoms with Gasteiger partial charge in [0, 0.05) is 25.3 Å². The van der Waals surface area contributed by atoms with Crippen LogP contribution < -0.4 is 14.8 Å². The number of aryl methyl sites for hydroxylation is 3. The van der Waals surface area contributed by atoms with Crippen LogP contribution in [0.4, 0.5) is 5.69 Å². The number of ether oxygens (including phenoxy) is 1. The number of piperidine rings is 1.